The molecule has 3 nitrogen and oxygen atoms in total. The summed E-state index contributed by atoms with van der Waals surface area (Å²) in [4.78, 5) is 2.69. The van der Waals surface area contributed by atoms with Crippen molar-refractivity contribution in [1.29, 1.82) is 0 Å². The predicted octanol–water partition coefficient (Wildman–Crippen LogP) is 3.40. The number of benzene rings is 1. The van der Waals surface area contributed by atoms with Crippen LogP contribution in [0.15, 0.2) is 29.4 Å². The minimum atomic E-state index is 0.658. The van der Waals surface area contributed by atoms with Gasteiger partial charge in [-0.1, -0.05) is 36.3 Å². The molecule has 0 saturated carbocycles. The first-order valence-electron chi connectivity index (χ1n) is 3.80. The van der Waals surface area contributed by atoms with Gasteiger partial charge < -0.3 is 0 Å². The fraction of sp³-hybridized carbons (Fsp3) is 0.222. The third-order valence-corrected chi connectivity index (χ3v) is 1.56. The van der Waals surface area contributed by atoms with Gasteiger partial charge in [-0.25, -0.2) is 0 Å². The van der Waals surface area contributed by atoms with Crippen molar-refractivity contribution in [2.45, 2.75) is 12.8 Å². The van der Waals surface area contributed by atoms with Crippen molar-refractivity contribution in [3.05, 3.63) is 47.2 Å². The van der Waals surface area contributed by atoms with Crippen LogP contribution in [0.5, 0.6) is 0 Å². The van der Waals surface area contributed by atoms with Crippen molar-refractivity contribution in [3.8, 4) is 0 Å². The summed E-state index contributed by atoms with van der Waals surface area (Å²) in [5, 5.41) is 3.47. The van der Waals surface area contributed by atoms with Crippen LogP contribution in [0.4, 0.5) is 5.69 Å². The van der Waals surface area contributed by atoms with Crippen LogP contribution in [0.25, 0.3) is 10.4 Å². The number of azide groups is 1. The van der Waals surface area contributed by atoms with Gasteiger partial charge in [0.15, 0.2) is 0 Å². The molecule has 61 valence electrons. The zero-order valence-corrected chi connectivity index (χ0v) is 6.77. The summed E-state index contributed by atoms with van der Waals surface area (Å²) >= 11 is 0. The van der Waals surface area contributed by atoms with E-state index in [1.807, 2.05) is 24.3 Å². The van der Waals surface area contributed by atoms with Crippen LogP contribution in [0.2, 0.25) is 0 Å². The molecular weight excluding hydrogens is 150 g/mol. The van der Waals surface area contributed by atoms with E-state index in [2.05, 4.69) is 16.9 Å². The van der Waals surface area contributed by atoms with E-state index in [1.54, 1.807) is 0 Å². The minimum absolute atomic E-state index is 0.658. The maximum atomic E-state index is 8.14. The van der Waals surface area contributed by atoms with Gasteiger partial charge in [-0.15, -0.1) is 0 Å². The summed E-state index contributed by atoms with van der Waals surface area (Å²) in [5.74, 6) is 0. The molecule has 0 N–H and O–H groups in total. The SMILES string of the molecule is [CH2]CCc1ccc(N=[N+]=[N-])cc1. The summed E-state index contributed by atoms with van der Waals surface area (Å²) in [7, 11) is 0. The van der Waals surface area contributed by atoms with E-state index in [4.69, 9.17) is 5.53 Å². The molecule has 0 unspecified atom stereocenters. The molecule has 0 amide bonds. The van der Waals surface area contributed by atoms with Crippen molar-refractivity contribution in [3.63, 3.8) is 0 Å². The molecule has 0 bridgehead atoms. The molecule has 3 heteroatoms. The summed E-state index contributed by atoms with van der Waals surface area (Å²) in [5.41, 5.74) is 10.0. The normalized spacial score (nSPS) is 9.08. The second-order valence-electron chi connectivity index (χ2n) is 2.46. The molecule has 0 spiro atoms. The Kier molecular flexibility index (Phi) is 3.17. The molecule has 0 fully saturated rings. The van der Waals surface area contributed by atoms with Gasteiger partial charge in [0, 0.05) is 10.6 Å². The van der Waals surface area contributed by atoms with Gasteiger partial charge >= 0.3 is 0 Å². The zero-order valence-electron chi connectivity index (χ0n) is 6.77. The second kappa shape index (κ2) is 4.42. The Balaban J connectivity index is 2.77. The largest absolute Gasteiger partial charge is 0.0608 e. The zero-order chi connectivity index (χ0) is 8.81. The lowest BCUT2D eigenvalue weighted by atomic mass is 10.1. The summed E-state index contributed by atoms with van der Waals surface area (Å²) < 4.78 is 0. The third-order valence-electron chi connectivity index (χ3n) is 1.56. The van der Waals surface area contributed by atoms with Gasteiger partial charge in [0.1, 0.15) is 0 Å². The summed E-state index contributed by atoms with van der Waals surface area (Å²) in [6.07, 6.45) is 1.86. The van der Waals surface area contributed by atoms with Gasteiger partial charge in [0.2, 0.25) is 0 Å². The fourth-order valence-electron chi connectivity index (χ4n) is 0.985. The molecule has 12 heavy (non-hydrogen) atoms. The van der Waals surface area contributed by atoms with Crippen molar-refractivity contribution in [1.82, 2.24) is 0 Å². The van der Waals surface area contributed by atoms with Crippen molar-refractivity contribution < 1.29 is 0 Å². The average molecular weight is 160 g/mol. The monoisotopic (exact) mass is 160 g/mol. The standard InChI is InChI=1S/C9H10N3/c1-2-3-8-4-6-9(7-5-8)11-12-10/h4-7H,1-3H2. The van der Waals surface area contributed by atoms with Gasteiger partial charge in [0.05, 0.1) is 0 Å². The van der Waals surface area contributed by atoms with E-state index in [1.165, 1.54) is 5.56 Å². The molecule has 0 saturated heterocycles. The quantitative estimate of drug-likeness (QED) is 0.369. The Morgan fingerprint density at radius 3 is 2.50 bits per heavy atom. The molecule has 0 atom stereocenters. The van der Waals surface area contributed by atoms with Gasteiger partial charge in [-0.2, -0.15) is 0 Å². The first-order valence-corrected chi connectivity index (χ1v) is 3.80. The van der Waals surface area contributed by atoms with Crippen molar-refractivity contribution in [2.75, 3.05) is 0 Å². The molecule has 0 heterocycles. The summed E-state index contributed by atoms with van der Waals surface area (Å²) in [6, 6.07) is 7.53. The van der Waals surface area contributed by atoms with E-state index in [-0.39, 0.29) is 0 Å². The third kappa shape index (κ3) is 2.29. The molecule has 1 aromatic rings. The molecule has 0 aromatic heterocycles. The molecule has 0 aliphatic carbocycles. The molecule has 1 aromatic carbocycles. The first kappa shape index (κ1) is 8.62. The predicted molar refractivity (Wildman–Crippen MR) is 48.9 cm³/mol. The minimum Gasteiger partial charge on any atom is -0.0608 e. The fourth-order valence-corrected chi connectivity index (χ4v) is 0.985. The molecular formula is C9H10N3. The maximum absolute atomic E-state index is 8.14. The smallest absolute Gasteiger partial charge is 0.0375 e. The Labute approximate surface area is 71.7 Å². The number of rotatable bonds is 3. The molecule has 0 aliphatic heterocycles. The van der Waals surface area contributed by atoms with E-state index in [0.29, 0.717) is 5.69 Å². The Hall–Kier alpha value is -1.47. The van der Waals surface area contributed by atoms with Crippen molar-refractivity contribution >= 4 is 5.69 Å². The second-order valence-corrected chi connectivity index (χ2v) is 2.46. The lowest BCUT2D eigenvalue weighted by Crippen LogP contribution is -1.80. The van der Waals surface area contributed by atoms with E-state index in [0.717, 1.165) is 12.8 Å². The number of hydrogen-bond acceptors (Lipinski definition) is 1. The Morgan fingerprint density at radius 2 is 2.00 bits per heavy atom. The number of hydrogen-bond donors (Lipinski definition) is 0. The van der Waals surface area contributed by atoms with E-state index >= 15 is 0 Å². The van der Waals surface area contributed by atoms with Gasteiger partial charge in [-0.05, 0) is 23.9 Å². The van der Waals surface area contributed by atoms with Crippen LogP contribution < -0.4 is 0 Å². The van der Waals surface area contributed by atoms with Gasteiger partial charge in [0.25, 0.3) is 0 Å². The van der Waals surface area contributed by atoms with Crippen LogP contribution in [-0.2, 0) is 6.42 Å². The highest BCUT2D eigenvalue weighted by Crippen LogP contribution is 2.13. The lowest BCUT2D eigenvalue weighted by Gasteiger charge is -1.97. The topological polar surface area (TPSA) is 48.8 Å². The van der Waals surface area contributed by atoms with E-state index in [9.17, 15) is 0 Å². The first-order chi connectivity index (χ1) is 5.86. The van der Waals surface area contributed by atoms with Crippen LogP contribution in [0, 0.1) is 6.92 Å². The van der Waals surface area contributed by atoms with Crippen LogP contribution in [-0.4, -0.2) is 0 Å². The van der Waals surface area contributed by atoms with Crippen LogP contribution in [0.3, 0.4) is 0 Å². The Morgan fingerprint density at radius 1 is 1.33 bits per heavy atom. The van der Waals surface area contributed by atoms with Crippen molar-refractivity contribution in [2.24, 2.45) is 5.11 Å². The highest BCUT2D eigenvalue weighted by atomic mass is 15.1. The Bertz CT molecular complexity index is 283. The summed E-state index contributed by atoms with van der Waals surface area (Å²) in [6.45, 7) is 3.76. The van der Waals surface area contributed by atoms with Crippen LogP contribution in [0.1, 0.15) is 12.0 Å². The molecule has 1 radical (unpaired) electrons. The number of nitrogens with zero attached hydrogens (tertiary/aromatic N) is 3. The maximum Gasteiger partial charge on any atom is 0.0375 e. The molecule has 0 aliphatic rings. The lowest BCUT2D eigenvalue weighted by molar-refractivity contribution is 0.999. The highest BCUT2D eigenvalue weighted by molar-refractivity contribution is 5.38. The van der Waals surface area contributed by atoms with Gasteiger partial charge in [-0.3, -0.25) is 0 Å². The van der Waals surface area contributed by atoms with Crippen LogP contribution >= 0.6 is 0 Å². The number of aryl methyl sites for hydroxylation is 1. The molecule has 1 rings (SSSR count). The van der Waals surface area contributed by atoms with E-state index < -0.39 is 0 Å². The average Bonchev–Trinajstić information content (AvgIpc) is 2.09. The highest BCUT2D eigenvalue weighted by Gasteiger charge is 1.90.